The molecule has 3 heterocycles. The van der Waals surface area contributed by atoms with E-state index in [1.807, 2.05) is 44.2 Å². The van der Waals surface area contributed by atoms with Gasteiger partial charge in [-0.05, 0) is 43.7 Å². The van der Waals surface area contributed by atoms with Gasteiger partial charge in [0, 0.05) is 6.42 Å². The summed E-state index contributed by atoms with van der Waals surface area (Å²) in [5.74, 6) is 3.16. The number of nitrogens with one attached hydrogen (secondary N) is 2. The minimum atomic E-state index is 0.659. The molecule has 2 aromatic carbocycles. The summed E-state index contributed by atoms with van der Waals surface area (Å²) in [6.07, 6.45) is 0.659. The van der Waals surface area contributed by atoms with Crippen molar-refractivity contribution in [3.8, 4) is 5.95 Å². The molecule has 0 atom stereocenters. The molecule has 26 heavy (non-hydrogen) atoms. The van der Waals surface area contributed by atoms with Crippen molar-refractivity contribution in [2.75, 3.05) is 0 Å². The summed E-state index contributed by atoms with van der Waals surface area (Å²) >= 11 is 0. The Hall–Kier alpha value is -3.48. The largest absolute Gasteiger partial charge is 0.342 e. The number of hydrogen-bond donors (Lipinski definition) is 2. The summed E-state index contributed by atoms with van der Waals surface area (Å²) in [6.45, 7) is 3.85. The summed E-state index contributed by atoms with van der Waals surface area (Å²) in [7, 11) is 0. The lowest BCUT2D eigenvalue weighted by molar-refractivity contribution is 0.769. The highest BCUT2D eigenvalue weighted by Gasteiger charge is 2.14. The van der Waals surface area contributed by atoms with Gasteiger partial charge in [-0.15, -0.1) is 5.10 Å². The van der Waals surface area contributed by atoms with Crippen molar-refractivity contribution in [2.24, 2.45) is 0 Å². The number of hydrogen-bond acceptors (Lipinski definition) is 4. The van der Waals surface area contributed by atoms with Gasteiger partial charge in [-0.3, -0.25) is 0 Å². The van der Waals surface area contributed by atoms with Gasteiger partial charge >= 0.3 is 0 Å². The third-order valence-corrected chi connectivity index (χ3v) is 4.38. The van der Waals surface area contributed by atoms with Gasteiger partial charge in [0.05, 0.1) is 22.1 Å². The van der Waals surface area contributed by atoms with E-state index in [1.54, 1.807) is 4.68 Å². The molecule has 0 saturated carbocycles. The molecule has 0 aliphatic heterocycles. The molecule has 0 saturated heterocycles. The highest BCUT2D eigenvalue weighted by Crippen LogP contribution is 2.18. The van der Waals surface area contributed by atoms with E-state index < -0.39 is 0 Å². The minimum Gasteiger partial charge on any atom is -0.342 e. The molecule has 0 radical (unpaired) electrons. The van der Waals surface area contributed by atoms with Gasteiger partial charge in [0.1, 0.15) is 17.5 Å². The molecule has 0 amide bonds. The predicted molar refractivity (Wildman–Crippen MR) is 99.4 cm³/mol. The van der Waals surface area contributed by atoms with Crippen molar-refractivity contribution < 1.29 is 0 Å². The molecule has 0 aliphatic rings. The number of para-hydroxylation sites is 2. The zero-order valence-corrected chi connectivity index (χ0v) is 14.5. The molecule has 0 fully saturated rings. The summed E-state index contributed by atoms with van der Waals surface area (Å²) < 4.78 is 1.79. The Labute approximate surface area is 149 Å². The second-order valence-corrected chi connectivity index (χ2v) is 6.42. The number of nitrogens with zero attached hydrogens (tertiary/aromatic N) is 5. The number of rotatable bonds is 3. The Balaban J connectivity index is 1.56. The Bertz CT molecular complexity index is 1210. The first-order chi connectivity index (χ1) is 12.7. The molecule has 5 aromatic rings. The summed E-state index contributed by atoms with van der Waals surface area (Å²) in [5.41, 5.74) is 5.05. The van der Waals surface area contributed by atoms with E-state index in [0.717, 1.165) is 45.1 Å². The van der Waals surface area contributed by atoms with Crippen molar-refractivity contribution in [3.63, 3.8) is 0 Å². The highest BCUT2D eigenvalue weighted by molar-refractivity contribution is 5.76. The minimum absolute atomic E-state index is 0.659. The lowest BCUT2D eigenvalue weighted by Crippen LogP contribution is -2.05. The normalized spacial score (nSPS) is 11.6. The Morgan fingerprint density at radius 1 is 0.885 bits per heavy atom. The number of H-pyrrole nitrogens is 2. The fourth-order valence-corrected chi connectivity index (χ4v) is 3.26. The van der Waals surface area contributed by atoms with E-state index in [2.05, 4.69) is 42.2 Å². The maximum Gasteiger partial charge on any atom is 0.230 e. The third-order valence-electron chi connectivity index (χ3n) is 4.38. The van der Waals surface area contributed by atoms with Crippen LogP contribution in [0.5, 0.6) is 0 Å². The van der Waals surface area contributed by atoms with Gasteiger partial charge in [0.2, 0.25) is 5.95 Å². The molecule has 0 spiro atoms. The number of benzene rings is 2. The molecule has 2 N–H and O–H groups in total. The van der Waals surface area contributed by atoms with Crippen molar-refractivity contribution in [2.45, 2.75) is 20.3 Å². The Morgan fingerprint density at radius 2 is 1.73 bits per heavy atom. The predicted octanol–water partition coefficient (Wildman–Crippen LogP) is 3.23. The summed E-state index contributed by atoms with van der Waals surface area (Å²) in [4.78, 5) is 20.3. The lowest BCUT2D eigenvalue weighted by atomic mass is 10.1. The first-order valence-corrected chi connectivity index (χ1v) is 8.48. The zero-order valence-electron chi connectivity index (χ0n) is 14.5. The van der Waals surface area contributed by atoms with Crippen LogP contribution in [0.1, 0.15) is 23.0 Å². The molecule has 128 valence electrons. The maximum atomic E-state index is 4.64. The summed E-state index contributed by atoms with van der Waals surface area (Å²) in [6, 6.07) is 14.2. The standard InChI is InChI=1S/C19H17N7/c1-11-20-16-8-7-13(9-17(16)21-11)10-18-22-12(2)25-26(18)19-23-14-5-3-4-6-15(14)24-19/h3-9H,10H2,1-2H3,(H,20,21)(H,23,24). The third kappa shape index (κ3) is 2.45. The second kappa shape index (κ2) is 5.52. The number of fused-ring (bicyclic) bond motifs is 2. The molecule has 0 unspecified atom stereocenters. The van der Waals surface area contributed by atoms with E-state index in [1.165, 1.54) is 0 Å². The van der Waals surface area contributed by atoms with E-state index >= 15 is 0 Å². The number of aromatic amines is 2. The van der Waals surface area contributed by atoms with E-state index in [-0.39, 0.29) is 0 Å². The topological polar surface area (TPSA) is 88.1 Å². The van der Waals surface area contributed by atoms with Crippen LogP contribution in [0.4, 0.5) is 0 Å². The molecule has 5 rings (SSSR count). The zero-order chi connectivity index (χ0) is 17.7. The highest BCUT2D eigenvalue weighted by atomic mass is 15.4. The molecule has 0 bridgehead atoms. The molecule has 7 heteroatoms. The SMILES string of the molecule is Cc1nc(Cc2ccc3nc(C)[nH]c3c2)n(-c2nc3ccccc3[nH]2)n1. The molecule has 7 nitrogen and oxygen atoms in total. The van der Waals surface area contributed by atoms with Crippen LogP contribution in [-0.4, -0.2) is 34.7 Å². The van der Waals surface area contributed by atoms with Gasteiger partial charge in [-0.25, -0.2) is 15.0 Å². The van der Waals surface area contributed by atoms with Crippen LogP contribution in [0.25, 0.3) is 28.0 Å². The van der Waals surface area contributed by atoms with Gasteiger partial charge < -0.3 is 9.97 Å². The van der Waals surface area contributed by atoms with Crippen LogP contribution < -0.4 is 0 Å². The first kappa shape index (κ1) is 14.8. The first-order valence-electron chi connectivity index (χ1n) is 8.48. The van der Waals surface area contributed by atoms with Crippen molar-refractivity contribution in [3.05, 3.63) is 65.5 Å². The van der Waals surface area contributed by atoms with E-state index in [0.29, 0.717) is 12.4 Å². The van der Waals surface area contributed by atoms with Gasteiger partial charge in [-0.2, -0.15) is 4.68 Å². The summed E-state index contributed by atoms with van der Waals surface area (Å²) in [5, 5.41) is 4.53. The smallest absolute Gasteiger partial charge is 0.230 e. The van der Waals surface area contributed by atoms with Gasteiger partial charge in [-0.1, -0.05) is 18.2 Å². The van der Waals surface area contributed by atoms with Crippen LogP contribution in [0, 0.1) is 13.8 Å². The van der Waals surface area contributed by atoms with Crippen LogP contribution in [-0.2, 0) is 6.42 Å². The average Bonchev–Trinajstić information content (AvgIpc) is 3.29. The second-order valence-electron chi connectivity index (χ2n) is 6.42. The molecular weight excluding hydrogens is 326 g/mol. The Morgan fingerprint density at radius 3 is 2.62 bits per heavy atom. The van der Waals surface area contributed by atoms with Gasteiger partial charge in [0.25, 0.3) is 0 Å². The van der Waals surface area contributed by atoms with Crippen LogP contribution in [0.3, 0.4) is 0 Å². The lowest BCUT2D eigenvalue weighted by Gasteiger charge is -2.03. The van der Waals surface area contributed by atoms with Crippen LogP contribution in [0.15, 0.2) is 42.5 Å². The van der Waals surface area contributed by atoms with E-state index in [4.69, 9.17) is 0 Å². The fraction of sp³-hybridized carbons (Fsp3) is 0.158. The van der Waals surface area contributed by atoms with E-state index in [9.17, 15) is 0 Å². The van der Waals surface area contributed by atoms with Crippen molar-refractivity contribution in [1.82, 2.24) is 34.7 Å². The Kier molecular flexibility index (Phi) is 3.15. The number of aromatic nitrogens is 7. The quantitative estimate of drug-likeness (QED) is 0.526. The molecule has 3 aromatic heterocycles. The molecular formula is C19H17N7. The monoisotopic (exact) mass is 343 g/mol. The fourth-order valence-electron chi connectivity index (χ4n) is 3.26. The van der Waals surface area contributed by atoms with Crippen molar-refractivity contribution >= 4 is 22.1 Å². The van der Waals surface area contributed by atoms with Crippen LogP contribution in [0.2, 0.25) is 0 Å². The van der Waals surface area contributed by atoms with Gasteiger partial charge in [0.15, 0.2) is 0 Å². The maximum absolute atomic E-state index is 4.64. The number of imidazole rings is 2. The number of aryl methyl sites for hydroxylation is 2. The average molecular weight is 343 g/mol. The van der Waals surface area contributed by atoms with Crippen molar-refractivity contribution in [1.29, 1.82) is 0 Å². The molecule has 0 aliphatic carbocycles. The van der Waals surface area contributed by atoms with Crippen LogP contribution >= 0.6 is 0 Å².